The van der Waals surface area contributed by atoms with Crippen LogP contribution in [-0.4, -0.2) is 35.1 Å². The number of hydroxylamine groups is 2. The van der Waals surface area contributed by atoms with Crippen LogP contribution in [0.15, 0.2) is 0 Å². The number of carbonyl (C=O) groups is 1. The van der Waals surface area contributed by atoms with E-state index in [0.29, 0.717) is 4.88 Å². The van der Waals surface area contributed by atoms with E-state index in [1.165, 1.54) is 23.5 Å². The summed E-state index contributed by atoms with van der Waals surface area (Å²) in [5.74, 6) is 0.641. The number of carbonyl (C=O) groups excluding carboxylic acids is 1. The zero-order valence-electron chi connectivity index (χ0n) is 13.6. The Morgan fingerprint density at radius 3 is 2.38 bits per heavy atom. The SMILES string of the molecule is CON(C)C(=O)c1sc2nc(C(C)(C)C)nc(C)c2c1C. The molecule has 2 rings (SSSR count). The molecule has 0 bridgehead atoms. The molecule has 0 unspecified atom stereocenters. The first-order valence-corrected chi connectivity index (χ1v) is 7.58. The van der Waals surface area contributed by atoms with Gasteiger partial charge >= 0.3 is 0 Å². The van der Waals surface area contributed by atoms with Crippen LogP contribution in [0.25, 0.3) is 10.2 Å². The van der Waals surface area contributed by atoms with Crippen LogP contribution in [0, 0.1) is 13.8 Å². The standard InChI is InChI=1S/C15H21N3O2S/c1-8-10-9(2)16-14(15(3,4)5)17-12(10)21-11(8)13(19)18(6)20-7/h1-7H3. The number of hydrogen-bond donors (Lipinski definition) is 0. The largest absolute Gasteiger partial charge is 0.287 e. The van der Waals surface area contributed by atoms with E-state index in [1.807, 2.05) is 13.8 Å². The second-order valence-electron chi connectivity index (χ2n) is 6.10. The molecule has 0 aliphatic carbocycles. The first kappa shape index (κ1) is 15.9. The summed E-state index contributed by atoms with van der Waals surface area (Å²) in [6.07, 6.45) is 0. The van der Waals surface area contributed by atoms with Gasteiger partial charge in [-0.15, -0.1) is 11.3 Å². The molecule has 0 N–H and O–H groups in total. The topological polar surface area (TPSA) is 55.3 Å². The highest BCUT2D eigenvalue weighted by molar-refractivity contribution is 7.20. The Morgan fingerprint density at radius 2 is 1.86 bits per heavy atom. The van der Waals surface area contributed by atoms with Gasteiger partial charge in [0, 0.05) is 17.8 Å². The van der Waals surface area contributed by atoms with Gasteiger partial charge in [-0.2, -0.15) is 0 Å². The zero-order valence-corrected chi connectivity index (χ0v) is 14.4. The van der Waals surface area contributed by atoms with E-state index >= 15 is 0 Å². The smallest absolute Gasteiger partial charge is 0.274 e. The lowest BCUT2D eigenvalue weighted by Gasteiger charge is -2.16. The lowest BCUT2D eigenvalue weighted by molar-refractivity contribution is -0.0754. The van der Waals surface area contributed by atoms with Crippen molar-refractivity contribution in [3.63, 3.8) is 0 Å². The molecule has 114 valence electrons. The quantitative estimate of drug-likeness (QED) is 0.799. The molecule has 0 saturated carbocycles. The van der Waals surface area contributed by atoms with Gasteiger partial charge < -0.3 is 0 Å². The van der Waals surface area contributed by atoms with Gasteiger partial charge in [-0.25, -0.2) is 15.0 Å². The van der Waals surface area contributed by atoms with E-state index in [4.69, 9.17) is 4.84 Å². The lowest BCUT2D eigenvalue weighted by Crippen LogP contribution is -2.25. The number of rotatable bonds is 2. The van der Waals surface area contributed by atoms with E-state index in [-0.39, 0.29) is 11.3 Å². The predicted molar refractivity (Wildman–Crippen MR) is 84.7 cm³/mol. The molecule has 5 nitrogen and oxygen atoms in total. The summed E-state index contributed by atoms with van der Waals surface area (Å²) in [5, 5.41) is 2.20. The number of fused-ring (bicyclic) bond motifs is 1. The van der Waals surface area contributed by atoms with Crippen molar-refractivity contribution < 1.29 is 9.63 Å². The Hall–Kier alpha value is -1.53. The van der Waals surface area contributed by atoms with Crippen molar-refractivity contribution in [1.82, 2.24) is 15.0 Å². The molecule has 0 saturated heterocycles. The lowest BCUT2D eigenvalue weighted by atomic mass is 9.95. The van der Waals surface area contributed by atoms with Crippen LogP contribution in [0.2, 0.25) is 0 Å². The maximum atomic E-state index is 12.3. The van der Waals surface area contributed by atoms with E-state index in [2.05, 4.69) is 30.7 Å². The fourth-order valence-electron chi connectivity index (χ4n) is 2.10. The maximum Gasteiger partial charge on any atom is 0.287 e. The predicted octanol–water partition coefficient (Wildman–Crippen LogP) is 3.24. The fourth-order valence-corrected chi connectivity index (χ4v) is 3.30. The van der Waals surface area contributed by atoms with E-state index in [0.717, 1.165) is 27.3 Å². The van der Waals surface area contributed by atoms with E-state index in [9.17, 15) is 4.79 Å². The Labute approximate surface area is 128 Å². The first-order valence-electron chi connectivity index (χ1n) is 6.77. The third kappa shape index (κ3) is 2.78. The molecule has 0 spiro atoms. The van der Waals surface area contributed by atoms with Crippen molar-refractivity contribution in [1.29, 1.82) is 0 Å². The number of aryl methyl sites for hydroxylation is 2. The van der Waals surface area contributed by atoms with Gasteiger partial charge in [0.05, 0.1) is 12.8 Å². The van der Waals surface area contributed by atoms with Crippen LogP contribution in [-0.2, 0) is 10.3 Å². The summed E-state index contributed by atoms with van der Waals surface area (Å²) in [6, 6.07) is 0. The molecule has 0 aliphatic rings. The molecule has 0 fully saturated rings. The molecule has 2 aromatic rings. The second-order valence-corrected chi connectivity index (χ2v) is 7.10. The summed E-state index contributed by atoms with van der Waals surface area (Å²) in [5.41, 5.74) is 1.71. The Balaban J connectivity index is 2.66. The van der Waals surface area contributed by atoms with Crippen molar-refractivity contribution >= 4 is 27.5 Å². The molecule has 21 heavy (non-hydrogen) atoms. The fraction of sp³-hybridized carbons (Fsp3) is 0.533. The van der Waals surface area contributed by atoms with Gasteiger partial charge in [0.15, 0.2) is 0 Å². The number of amides is 1. The molecule has 0 atom stereocenters. The van der Waals surface area contributed by atoms with Gasteiger partial charge in [0.1, 0.15) is 15.5 Å². The van der Waals surface area contributed by atoms with Crippen molar-refractivity contribution in [2.24, 2.45) is 0 Å². The van der Waals surface area contributed by atoms with Gasteiger partial charge in [0.25, 0.3) is 5.91 Å². The van der Waals surface area contributed by atoms with Crippen LogP contribution in [0.5, 0.6) is 0 Å². The number of thiophene rings is 1. The van der Waals surface area contributed by atoms with Crippen LogP contribution < -0.4 is 0 Å². The minimum absolute atomic E-state index is 0.121. The third-order valence-corrected chi connectivity index (χ3v) is 4.57. The molecule has 0 aromatic carbocycles. The highest BCUT2D eigenvalue weighted by Gasteiger charge is 2.24. The summed E-state index contributed by atoms with van der Waals surface area (Å²) < 4.78 is 0. The van der Waals surface area contributed by atoms with E-state index < -0.39 is 0 Å². The average molecular weight is 307 g/mol. The summed E-state index contributed by atoms with van der Waals surface area (Å²) >= 11 is 1.40. The van der Waals surface area contributed by atoms with Crippen molar-refractivity contribution in [2.45, 2.75) is 40.0 Å². The molecular weight excluding hydrogens is 286 g/mol. The van der Waals surface area contributed by atoms with Crippen molar-refractivity contribution in [2.75, 3.05) is 14.2 Å². The normalized spacial score (nSPS) is 12.0. The Bertz CT molecular complexity index is 701. The molecule has 6 heteroatoms. The molecule has 0 radical (unpaired) electrons. The van der Waals surface area contributed by atoms with E-state index in [1.54, 1.807) is 7.05 Å². The van der Waals surface area contributed by atoms with Gasteiger partial charge in [-0.3, -0.25) is 9.63 Å². The highest BCUT2D eigenvalue weighted by atomic mass is 32.1. The molecule has 0 aliphatic heterocycles. The third-order valence-electron chi connectivity index (χ3n) is 3.40. The minimum Gasteiger partial charge on any atom is -0.274 e. The zero-order chi connectivity index (χ0) is 15.9. The van der Waals surface area contributed by atoms with Crippen LogP contribution in [0.4, 0.5) is 0 Å². The summed E-state index contributed by atoms with van der Waals surface area (Å²) in [6.45, 7) is 10.1. The molecular formula is C15H21N3O2S. The number of aromatic nitrogens is 2. The monoisotopic (exact) mass is 307 g/mol. The Morgan fingerprint density at radius 1 is 1.24 bits per heavy atom. The maximum absolute atomic E-state index is 12.3. The minimum atomic E-state index is -0.158. The van der Waals surface area contributed by atoms with Crippen LogP contribution in [0.3, 0.4) is 0 Å². The summed E-state index contributed by atoms with van der Waals surface area (Å²) in [7, 11) is 3.08. The van der Waals surface area contributed by atoms with Gasteiger partial charge in [-0.05, 0) is 19.4 Å². The van der Waals surface area contributed by atoms with Crippen molar-refractivity contribution in [3.8, 4) is 0 Å². The average Bonchev–Trinajstić information content (AvgIpc) is 2.73. The van der Waals surface area contributed by atoms with Crippen molar-refractivity contribution in [3.05, 3.63) is 22.0 Å². The molecule has 2 aromatic heterocycles. The van der Waals surface area contributed by atoms with Gasteiger partial charge in [0.2, 0.25) is 0 Å². The highest BCUT2D eigenvalue weighted by Crippen LogP contribution is 2.33. The molecule has 1 amide bonds. The van der Waals surface area contributed by atoms with Gasteiger partial charge in [-0.1, -0.05) is 20.8 Å². The number of nitrogens with zero attached hydrogens (tertiary/aromatic N) is 3. The second kappa shape index (κ2) is 5.35. The van der Waals surface area contributed by atoms with Crippen LogP contribution in [0.1, 0.15) is 47.5 Å². The Kier molecular flexibility index (Phi) is 4.04. The van der Waals surface area contributed by atoms with Crippen LogP contribution >= 0.6 is 11.3 Å². The first-order chi connectivity index (χ1) is 9.66. The summed E-state index contributed by atoms with van der Waals surface area (Å²) in [4.78, 5) is 28.1. The number of hydrogen-bond acceptors (Lipinski definition) is 5. The molecule has 2 heterocycles.